The van der Waals surface area contributed by atoms with Gasteiger partial charge in [-0.1, -0.05) is 6.42 Å². The highest BCUT2D eigenvalue weighted by Crippen LogP contribution is 2.18. The molecule has 1 aliphatic carbocycles. The Morgan fingerprint density at radius 1 is 1.46 bits per heavy atom. The molecule has 0 bridgehead atoms. The fourth-order valence-corrected chi connectivity index (χ4v) is 2.18. The molecule has 0 aromatic rings. The van der Waals surface area contributed by atoms with E-state index in [0.717, 1.165) is 24.1 Å². The van der Waals surface area contributed by atoms with Crippen LogP contribution in [0.5, 0.6) is 0 Å². The smallest absolute Gasteiger partial charge is 0.0681 e. The zero-order chi connectivity index (χ0) is 9.73. The Kier molecular flexibility index (Phi) is 4.56. The van der Waals surface area contributed by atoms with Gasteiger partial charge in [-0.15, -0.1) is 0 Å². The molecule has 0 spiro atoms. The second kappa shape index (κ2) is 5.23. The number of hydrogen-bond donors (Lipinski definition) is 2. The van der Waals surface area contributed by atoms with Crippen molar-refractivity contribution in [1.29, 1.82) is 0 Å². The first kappa shape index (κ1) is 11.3. The van der Waals surface area contributed by atoms with Gasteiger partial charge in [-0.3, -0.25) is 0 Å². The highest BCUT2D eigenvalue weighted by Gasteiger charge is 2.16. The molecule has 1 saturated carbocycles. The maximum absolute atomic E-state index is 9.44. The Morgan fingerprint density at radius 3 is 2.62 bits per heavy atom. The zero-order valence-electron chi connectivity index (χ0n) is 8.68. The predicted octanol–water partition coefficient (Wildman–Crippen LogP) is 1.63. The van der Waals surface area contributed by atoms with Gasteiger partial charge in [0.1, 0.15) is 0 Å². The molecule has 0 aromatic heterocycles. The van der Waals surface area contributed by atoms with Crippen molar-refractivity contribution in [3.8, 4) is 0 Å². The summed E-state index contributed by atoms with van der Waals surface area (Å²) in [5, 5.41) is 12.9. The molecular formula is C10H21NOS. The largest absolute Gasteiger partial charge is 0.390 e. The van der Waals surface area contributed by atoms with E-state index in [0.29, 0.717) is 0 Å². The topological polar surface area (TPSA) is 32.3 Å². The van der Waals surface area contributed by atoms with Crippen molar-refractivity contribution in [3.63, 3.8) is 0 Å². The fourth-order valence-electron chi connectivity index (χ4n) is 1.27. The lowest BCUT2D eigenvalue weighted by Gasteiger charge is -2.26. The molecule has 0 heterocycles. The third kappa shape index (κ3) is 5.55. The first-order valence-corrected chi connectivity index (χ1v) is 6.27. The highest BCUT2D eigenvalue weighted by atomic mass is 32.2. The van der Waals surface area contributed by atoms with Crippen LogP contribution in [0.25, 0.3) is 0 Å². The minimum Gasteiger partial charge on any atom is -0.390 e. The predicted molar refractivity (Wildman–Crippen MR) is 59.3 cm³/mol. The average Bonchev–Trinajstić information content (AvgIpc) is 1.90. The number of nitrogens with one attached hydrogen (secondary N) is 1. The first-order valence-electron chi connectivity index (χ1n) is 5.11. The van der Waals surface area contributed by atoms with Crippen molar-refractivity contribution in [3.05, 3.63) is 0 Å². The van der Waals surface area contributed by atoms with E-state index >= 15 is 0 Å². The lowest BCUT2D eigenvalue weighted by molar-refractivity contribution is 0.107. The normalized spacial score (nSPS) is 18.7. The molecule has 0 unspecified atom stereocenters. The van der Waals surface area contributed by atoms with Gasteiger partial charge < -0.3 is 10.4 Å². The van der Waals surface area contributed by atoms with E-state index in [4.69, 9.17) is 0 Å². The molecule has 0 aliphatic heterocycles. The Balaban J connectivity index is 1.83. The third-order valence-corrected chi connectivity index (χ3v) is 3.64. The van der Waals surface area contributed by atoms with Crippen LogP contribution in [0.4, 0.5) is 0 Å². The molecule has 0 amide bonds. The second-order valence-corrected chi connectivity index (χ2v) is 5.55. The zero-order valence-corrected chi connectivity index (χ0v) is 9.49. The van der Waals surface area contributed by atoms with Crippen molar-refractivity contribution in [1.82, 2.24) is 5.32 Å². The molecule has 13 heavy (non-hydrogen) atoms. The van der Waals surface area contributed by atoms with Crippen LogP contribution in [0, 0.1) is 0 Å². The third-order valence-electron chi connectivity index (χ3n) is 2.24. The van der Waals surface area contributed by atoms with Gasteiger partial charge in [-0.05, 0) is 26.7 Å². The highest BCUT2D eigenvalue weighted by molar-refractivity contribution is 7.99. The van der Waals surface area contributed by atoms with E-state index in [1.54, 1.807) is 0 Å². The molecule has 1 rings (SSSR count). The van der Waals surface area contributed by atoms with Gasteiger partial charge >= 0.3 is 0 Å². The summed E-state index contributed by atoms with van der Waals surface area (Å²) >= 11 is 1.82. The molecule has 1 fully saturated rings. The minimum absolute atomic E-state index is 0.513. The second-order valence-electron chi connectivity index (χ2n) is 4.45. The monoisotopic (exact) mass is 203 g/mol. The molecule has 2 N–H and O–H groups in total. The average molecular weight is 203 g/mol. The van der Waals surface area contributed by atoms with E-state index in [1.807, 2.05) is 25.6 Å². The molecule has 1 aliphatic rings. The summed E-state index contributed by atoms with van der Waals surface area (Å²) in [6.07, 6.45) is 4.11. The van der Waals surface area contributed by atoms with E-state index < -0.39 is 5.60 Å². The first-order chi connectivity index (χ1) is 6.08. The summed E-state index contributed by atoms with van der Waals surface area (Å²) in [6.45, 7) is 4.81. The van der Waals surface area contributed by atoms with Crippen LogP contribution in [0.3, 0.4) is 0 Å². The van der Waals surface area contributed by atoms with E-state index in [9.17, 15) is 5.11 Å². The molecular weight excluding hydrogens is 182 g/mol. The van der Waals surface area contributed by atoms with Gasteiger partial charge in [0.05, 0.1) is 5.60 Å². The maximum Gasteiger partial charge on any atom is 0.0681 e. The van der Waals surface area contributed by atoms with Gasteiger partial charge in [-0.25, -0.2) is 0 Å². The van der Waals surface area contributed by atoms with Crippen molar-refractivity contribution in [2.45, 2.75) is 44.8 Å². The fraction of sp³-hybridized carbons (Fsp3) is 1.00. The summed E-state index contributed by atoms with van der Waals surface area (Å²) in [5.74, 6) is 1.94. The van der Waals surface area contributed by atoms with Crippen LogP contribution in [0.2, 0.25) is 0 Å². The van der Waals surface area contributed by atoms with Crippen molar-refractivity contribution in [2.24, 2.45) is 0 Å². The standard InChI is InChI=1S/C10H21NOS/c1-10(2,12)8-13-7-6-11-9-4-3-5-9/h9,11-12H,3-8H2,1-2H3. The van der Waals surface area contributed by atoms with Gasteiger partial charge in [0.2, 0.25) is 0 Å². The van der Waals surface area contributed by atoms with Crippen molar-refractivity contribution >= 4 is 11.8 Å². The Hall–Kier alpha value is 0.270. The summed E-state index contributed by atoms with van der Waals surface area (Å²) in [6, 6.07) is 0.794. The van der Waals surface area contributed by atoms with Gasteiger partial charge in [0.25, 0.3) is 0 Å². The van der Waals surface area contributed by atoms with E-state index in [-0.39, 0.29) is 0 Å². The van der Waals surface area contributed by atoms with Gasteiger partial charge in [0.15, 0.2) is 0 Å². The molecule has 3 heteroatoms. The molecule has 2 nitrogen and oxygen atoms in total. The van der Waals surface area contributed by atoms with Crippen LogP contribution >= 0.6 is 11.8 Å². The van der Waals surface area contributed by atoms with E-state index in [2.05, 4.69) is 5.32 Å². The quantitative estimate of drug-likeness (QED) is 0.644. The summed E-state index contributed by atoms with van der Waals surface area (Å²) < 4.78 is 0. The van der Waals surface area contributed by atoms with Crippen molar-refractivity contribution < 1.29 is 5.11 Å². The molecule has 0 saturated heterocycles. The number of aliphatic hydroxyl groups is 1. The summed E-state index contributed by atoms with van der Waals surface area (Å²) in [5.41, 5.74) is -0.513. The van der Waals surface area contributed by atoms with Crippen LogP contribution in [-0.4, -0.2) is 34.8 Å². The number of rotatable bonds is 6. The van der Waals surface area contributed by atoms with Crippen LogP contribution in [-0.2, 0) is 0 Å². The van der Waals surface area contributed by atoms with Gasteiger partial charge in [-0.2, -0.15) is 11.8 Å². The Bertz CT molecular complexity index is 140. The number of hydrogen-bond acceptors (Lipinski definition) is 3. The Morgan fingerprint density at radius 2 is 2.15 bits per heavy atom. The van der Waals surface area contributed by atoms with Gasteiger partial charge in [0, 0.05) is 24.1 Å². The maximum atomic E-state index is 9.44. The summed E-state index contributed by atoms with van der Waals surface area (Å²) in [7, 11) is 0. The lowest BCUT2D eigenvalue weighted by Crippen LogP contribution is -2.36. The molecule has 0 radical (unpaired) electrons. The van der Waals surface area contributed by atoms with Crippen LogP contribution in [0.15, 0.2) is 0 Å². The summed E-state index contributed by atoms with van der Waals surface area (Å²) in [4.78, 5) is 0. The van der Waals surface area contributed by atoms with Crippen LogP contribution in [0.1, 0.15) is 33.1 Å². The molecule has 0 atom stereocenters. The van der Waals surface area contributed by atoms with E-state index in [1.165, 1.54) is 19.3 Å². The van der Waals surface area contributed by atoms with Crippen molar-refractivity contribution in [2.75, 3.05) is 18.1 Å². The molecule has 78 valence electrons. The Labute approximate surface area is 85.5 Å². The SMILES string of the molecule is CC(C)(O)CSCCNC1CCC1. The lowest BCUT2D eigenvalue weighted by atomic mass is 9.93. The number of thioether (sulfide) groups is 1. The molecule has 0 aromatic carbocycles. The van der Waals surface area contributed by atoms with Crippen LogP contribution < -0.4 is 5.32 Å². The minimum atomic E-state index is -0.513.